The first kappa shape index (κ1) is 16.5. The Morgan fingerprint density at radius 1 is 1.48 bits per heavy atom. The van der Waals surface area contributed by atoms with Gasteiger partial charge in [-0.1, -0.05) is 17.7 Å². The first-order valence-electron chi connectivity index (χ1n) is 5.73. The molecule has 3 heterocycles. The summed E-state index contributed by atoms with van der Waals surface area (Å²) in [7, 11) is 0. The number of halogens is 2. The van der Waals surface area contributed by atoms with E-state index in [9.17, 15) is 0 Å². The Morgan fingerprint density at radius 2 is 2.24 bits per heavy atom. The molecule has 0 aliphatic heterocycles. The van der Waals surface area contributed by atoms with Crippen LogP contribution >= 0.6 is 56.9 Å². The van der Waals surface area contributed by atoms with Gasteiger partial charge in [-0.05, 0) is 34.0 Å². The van der Waals surface area contributed by atoms with Crippen LogP contribution < -0.4 is 5.32 Å². The Balaban J connectivity index is 0.000000497. The number of pyridine rings is 1. The number of fused-ring (bicyclic) bond motifs is 1. The molecule has 0 atom stereocenters. The highest BCUT2D eigenvalue weighted by atomic mass is 127. The van der Waals surface area contributed by atoms with Crippen molar-refractivity contribution in [1.82, 2.24) is 4.98 Å². The smallest absolute Gasteiger partial charge is 0.290 e. The summed E-state index contributed by atoms with van der Waals surface area (Å²) in [5.74, 6) is 0. The van der Waals surface area contributed by atoms with E-state index in [-0.39, 0.29) is 6.47 Å². The molecule has 0 aliphatic rings. The molecule has 0 radical (unpaired) electrons. The number of nitrogens with zero attached hydrogens (tertiary/aromatic N) is 1. The van der Waals surface area contributed by atoms with Crippen LogP contribution in [0.25, 0.3) is 10.2 Å². The van der Waals surface area contributed by atoms with Crippen molar-refractivity contribution in [2.45, 2.75) is 6.54 Å². The number of rotatable bonds is 3. The molecule has 8 heteroatoms. The number of anilines is 1. The second kappa shape index (κ2) is 7.92. The Hall–Kier alpha value is -0.900. The van der Waals surface area contributed by atoms with Crippen molar-refractivity contribution in [3.8, 4) is 0 Å². The molecule has 4 nitrogen and oxygen atoms in total. The first-order valence-corrected chi connectivity index (χ1v) is 8.94. The van der Waals surface area contributed by atoms with Gasteiger partial charge in [-0.15, -0.1) is 22.7 Å². The molecule has 21 heavy (non-hydrogen) atoms. The molecule has 0 saturated carbocycles. The van der Waals surface area contributed by atoms with E-state index < -0.39 is 0 Å². The largest absolute Gasteiger partial charge is 0.483 e. The summed E-state index contributed by atoms with van der Waals surface area (Å²) >= 11 is 11.8. The summed E-state index contributed by atoms with van der Waals surface area (Å²) in [5.41, 5.74) is 2.05. The maximum Gasteiger partial charge on any atom is 0.290 e. The lowest BCUT2D eigenvalue weighted by atomic mass is 10.3. The van der Waals surface area contributed by atoms with Crippen molar-refractivity contribution in [2.24, 2.45) is 0 Å². The Bertz CT molecular complexity index is 731. The van der Waals surface area contributed by atoms with Gasteiger partial charge in [0.25, 0.3) is 6.47 Å². The van der Waals surface area contributed by atoms with E-state index in [1.807, 2.05) is 6.07 Å². The average molecular weight is 453 g/mol. The molecule has 110 valence electrons. The van der Waals surface area contributed by atoms with Crippen molar-refractivity contribution >= 4 is 79.2 Å². The van der Waals surface area contributed by atoms with Gasteiger partial charge in [-0.25, -0.2) is 4.98 Å². The van der Waals surface area contributed by atoms with Crippen LogP contribution in [0, 0.1) is 3.57 Å². The van der Waals surface area contributed by atoms with Crippen LogP contribution in [0.15, 0.2) is 29.0 Å². The number of hydrogen-bond donors (Lipinski definition) is 2. The zero-order valence-electron chi connectivity index (χ0n) is 10.5. The van der Waals surface area contributed by atoms with Gasteiger partial charge < -0.3 is 10.4 Å². The number of nitrogens with one attached hydrogen (secondary N) is 1. The summed E-state index contributed by atoms with van der Waals surface area (Å²) in [6.45, 7) is 0.571. The third-order valence-corrected chi connectivity index (χ3v) is 5.80. The second-order valence-corrected chi connectivity index (χ2v) is 7.25. The molecule has 0 saturated heterocycles. The summed E-state index contributed by atoms with van der Waals surface area (Å²) in [6, 6.07) is 6.07. The van der Waals surface area contributed by atoms with Crippen LogP contribution in [0.4, 0.5) is 5.69 Å². The molecule has 0 bridgehead atoms. The Labute approximate surface area is 147 Å². The van der Waals surface area contributed by atoms with Gasteiger partial charge in [0, 0.05) is 22.9 Å². The lowest BCUT2D eigenvalue weighted by Crippen LogP contribution is -1.98. The first-order chi connectivity index (χ1) is 10.2. The zero-order chi connectivity index (χ0) is 15.2. The molecule has 0 amide bonds. The fourth-order valence-corrected chi connectivity index (χ4v) is 4.33. The average Bonchev–Trinajstić information content (AvgIpc) is 3.08. The van der Waals surface area contributed by atoms with Crippen molar-refractivity contribution in [1.29, 1.82) is 0 Å². The maximum absolute atomic E-state index is 8.36. The Kier molecular flexibility index (Phi) is 6.22. The second-order valence-electron chi connectivity index (χ2n) is 3.79. The SMILES string of the molecule is Clc1cc(NCc2cccs2)c2scc(I)c2n1.O=CO. The fraction of sp³-hybridized carbons (Fsp3) is 0.0769. The highest BCUT2D eigenvalue weighted by Crippen LogP contribution is 2.34. The fourth-order valence-electron chi connectivity index (χ4n) is 1.68. The molecule has 0 fully saturated rings. The summed E-state index contributed by atoms with van der Waals surface area (Å²) in [6.07, 6.45) is 0. The molecule has 0 aliphatic carbocycles. The van der Waals surface area contributed by atoms with E-state index in [4.69, 9.17) is 21.5 Å². The molecule has 3 aromatic rings. The predicted molar refractivity (Wildman–Crippen MR) is 97.7 cm³/mol. The van der Waals surface area contributed by atoms with Crippen molar-refractivity contribution in [3.05, 3.63) is 42.6 Å². The van der Waals surface area contributed by atoms with Gasteiger partial charge in [-0.3, -0.25) is 4.79 Å². The predicted octanol–water partition coefficient (Wildman–Crippen LogP) is 4.93. The van der Waals surface area contributed by atoms with Gasteiger partial charge in [0.1, 0.15) is 5.15 Å². The molecule has 3 rings (SSSR count). The van der Waals surface area contributed by atoms with E-state index in [1.165, 1.54) is 9.58 Å². The number of hydrogen-bond acceptors (Lipinski definition) is 5. The lowest BCUT2D eigenvalue weighted by molar-refractivity contribution is -0.122. The highest BCUT2D eigenvalue weighted by Gasteiger charge is 2.09. The maximum atomic E-state index is 8.36. The van der Waals surface area contributed by atoms with E-state index >= 15 is 0 Å². The summed E-state index contributed by atoms with van der Waals surface area (Å²) < 4.78 is 2.31. The molecule has 0 unspecified atom stereocenters. The Morgan fingerprint density at radius 3 is 2.90 bits per heavy atom. The van der Waals surface area contributed by atoms with Gasteiger partial charge in [0.15, 0.2) is 0 Å². The van der Waals surface area contributed by atoms with Gasteiger partial charge in [-0.2, -0.15) is 0 Å². The minimum Gasteiger partial charge on any atom is -0.483 e. The number of carboxylic acid groups (broad SMARTS) is 1. The van der Waals surface area contributed by atoms with Gasteiger partial charge in [0.05, 0.1) is 19.5 Å². The van der Waals surface area contributed by atoms with Crippen LogP contribution in [0.2, 0.25) is 5.15 Å². The number of thiophene rings is 2. The van der Waals surface area contributed by atoms with Crippen LogP contribution in [-0.4, -0.2) is 16.6 Å². The van der Waals surface area contributed by atoms with Crippen molar-refractivity contribution < 1.29 is 9.90 Å². The third kappa shape index (κ3) is 4.29. The van der Waals surface area contributed by atoms with Gasteiger partial charge >= 0.3 is 0 Å². The third-order valence-electron chi connectivity index (χ3n) is 2.48. The normalized spacial score (nSPS) is 10.0. The lowest BCUT2D eigenvalue weighted by Gasteiger charge is -2.06. The number of aromatic nitrogens is 1. The van der Waals surface area contributed by atoms with E-state index in [1.54, 1.807) is 22.7 Å². The summed E-state index contributed by atoms with van der Waals surface area (Å²) in [5, 5.41) is 15.0. The minimum absolute atomic E-state index is 0.250. The topological polar surface area (TPSA) is 62.2 Å². The van der Waals surface area contributed by atoms with Gasteiger partial charge in [0.2, 0.25) is 0 Å². The highest BCUT2D eigenvalue weighted by molar-refractivity contribution is 14.1. The van der Waals surface area contributed by atoms with Crippen LogP contribution in [-0.2, 0) is 11.3 Å². The molecule has 0 aromatic carbocycles. The van der Waals surface area contributed by atoms with E-state index in [0.717, 1.165) is 21.3 Å². The van der Waals surface area contributed by atoms with Crippen molar-refractivity contribution in [2.75, 3.05) is 5.32 Å². The van der Waals surface area contributed by atoms with E-state index in [0.29, 0.717) is 5.15 Å². The number of carbonyl (C=O) groups is 1. The van der Waals surface area contributed by atoms with Crippen LogP contribution in [0.1, 0.15) is 4.88 Å². The molecular formula is C13H10ClIN2O2S2. The minimum atomic E-state index is -0.250. The van der Waals surface area contributed by atoms with Crippen LogP contribution in [0.3, 0.4) is 0 Å². The standard InChI is InChI=1S/C12H8ClIN2S2.CH2O2/c13-10-4-9(15-5-7-2-1-3-17-7)12-11(16-10)8(14)6-18-12;2-1-3/h1-4,6H,5H2,(H,15,16);1H,(H,2,3). The monoisotopic (exact) mass is 452 g/mol. The molecule has 3 aromatic heterocycles. The quantitative estimate of drug-likeness (QED) is 0.336. The van der Waals surface area contributed by atoms with E-state index in [2.05, 4.69) is 55.8 Å². The molecule has 2 N–H and O–H groups in total. The van der Waals surface area contributed by atoms with Crippen molar-refractivity contribution in [3.63, 3.8) is 0 Å². The van der Waals surface area contributed by atoms with Crippen LogP contribution in [0.5, 0.6) is 0 Å². The molecule has 0 spiro atoms. The summed E-state index contributed by atoms with van der Waals surface area (Å²) in [4.78, 5) is 14.0. The zero-order valence-corrected chi connectivity index (χ0v) is 15.1. The molecular weight excluding hydrogens is 443 g/mol.